The molecule has 0 aliphatic heterocycles. The van der Waals surface area contributed by atoms with Gasteiger partial charge in [0, 0.05) is 0 Å². The maximum absolute atomic E-state index is 2.43. The second kappa shape index (κ2) is 12.2. The molecular weight excluding hydrogens is 264 g/mol. The van der Waals surface area contributed by atoms with Crippen molar-refractivity contribution >= 4 is 0 Å². The van der Waals surface area contributed by atoms with Crippen LogP contribution >= 0.6 is 0 Å². The van der Waals surface area contributed by atoms with Gasteiger partial charge in [0.1, 0.15) is 0 Å². The second-order valence-electron chi connectivity index (χ2n) is 8.32. The molecule has 0 aromatic carbocycles. The van der Waals surface area contributed by atoms with Crippen LogP contribution in [0, 0.1) is 23.7 Å². The fraction of sp³-hybridized carbons (Fsp3) is 0.909. The van der Waals surface area contributed by atoms with E-state index < -0.39 is 0 Å². The highest BCUT2D eigenvalue weighted by Gasteiger charge is 2.14. The molecule has 1 fully saturated rings. The standard InChI is InChI=1S/C11H22.C11H20/c2*1-10(2)11-8-6-4-3-5-7-9-11/h10-11H,3-9H2,1-2H3;6,8,10-11H,3-5,7,9H2,1-2H3/b;8-6-. The van der Waals surface area contributed by atoms with Gasteiger partial charge in [0.15, 0.2) is 0 Å². The van der Waals surface area contributed by atoms with E-state index in [9.17, 15) is 0 Å². The van der Waals surface area contributed by atoms with Crippen LogP contribution in [0.15, 0.2) is 12.2 Å². The minimum atomic E-state index is 0.837. The highest BCUT2D eigenvalue weighted by molar-refractivity contribution is 4.91. The van der Waals surface area contributed by atoms with E-state index in [1.807, 2.05) is 0 Å². The summed E-state index contributed by atoms with van der Waals surface area (Å²) in [5, 5.41) is 0. The molecule has 0 bridgehead atoms. The first-order valence-electron chi connectivity index (χ1n) is 10.3. The first kappa shape index (κ1) is 19.8. The largest absolute Gasteiger partial charge is 0.0883 e. The second-order valence-corrected chi connectivity index (χ2v) is 8.32. The van der Waals surface area contributed by atoms with Gasteiger partial charge in [0.05, 0.1) is 0 Å². The first-order chi connectivity index (χ1) is 10.6. The molecule has 0 heteroatoms. The van der Waals surface area contributed by atoms with Gasteiger partial charge in [-0.3, -0.25) is 0 Å². The molecule has 0 aromatic rings. The molecule has 1 atom stereocenters. The Hall–Kier alpha value is -0.260. The average Bonchev–Trinajstić information content (AvgIpc) is 2.37. The van der Waals surface area contributed by atoms with Crippen molar-refractivity contribution in [1.29, 1.82) is 0 Å². The Balaban J connectivity index is 0.000000220. The van der Waals surface area contributed by atoms with Gasteiger partial charge in [-0.2, -0.15) is 0 Å². The molecule has 1 unspecified atom stereocenters. The lowest BCUT2D eigenvalue weighted by Crippen LogP contribution is -2.10. The van der Waals surface area contributed by atoms with Gasteiger partial charge in [0.25, 0.3) is 0 Å². The molecule has 2 aliphatic rings. The maximum atomic E-state index is 2.43. The average molecular weight is 307 g/mol. The van der Waals surface area contributed by atoms with Crippen molar-refractivity contribution in [2.75, 3.05) is 0 Å². The molecular formula is C22H42. The number of hydrogen-bond acceptors (Lipinski definition) is 0. The molecule has 130 valence electrons. The number of hydrogen-bond donors (Lipinski definition) is 0. The van der Waals surface area contributed by atoms with Crippen molar-refractivity contribution in [3.8, 4) is 0 Å². The Morgan fingerprint density at radius 2 is 1.18 bits per heavy atom. The molecule has 22 heavy (non-hydrogen) atoms. The van der Waals surface area contributed by atoms with Crippen LogP contribution < -0.4 is 0 Å². The zero-order valence-electron chi connectivity index (χ0n) is 15.9. The summed E-state index contributed by atoms with van der Waals surface area (Å²) in [4.78, 5) is 0. The summed E-state index contributed by atoms with van der Waals surface area (Å²) in [5.74, 6) is 3.66. The molecule has 2 aliphatic carbocycles. The van der Waals surface area contributed by atoms with Crippen LogP contribution in [0.4, 0.5) is 0 Å². The molecule has 0 spiro atoms. The van der Waals surface area contributed by atoms with Crippen LogP contribution in [-0.4, -0.2) is 0 Å². The van der Waals surface area contributed by atoms with Crippen LogP contribution in [-0.2, 0) is 0 Å². The zero-order chi connectivity index (χ0) is 16.2. The lowest BCUT2D eigenvalue weighted by molar-refractivity contribution is 0.298. The predicted octanol–water partition coefficient (Wildman–Crippen LogP) is 7.78. The summed E-state index contributed by atoms with van der Waals surface area (Å²) in [6, 6.07) is 0. The Bertz CT molecular complexity index is 266. The van der Waals surface area contributed by atoms with Gasteiger partial charge in [0.2, 0.25) is 0 Å². The van der Waals surface area contributed by atoms with Gasteiger partial charge >= 0.3 is 0 Å². The van der Waals surface area contributed by atoms with E-state index in [2.05, 4.69) is 39.8 Å². The maximum Gasteiger partial charge on any atom is -0.0210 e. The van der Waals surface area contributed by atoms with Crippen LogP contribution in [0.25, 0.3) is 0 Å². The molecule has 2 rings (SSSR count). The van der Waals surface area contributed by atoms with Crippen molar-refractivity contribution in [2.24, 2.45) is 23.7 Å². The summed E-state index contributed by atoms with van der Waals surface area (Å²) in [7, 11) is 0. The van der Waals surface area contributed by atoms with E-state index in [4.69, 9.17) is 0 Å². The normalized spacial score (nSPS) is 26.4. The summed E-state index contributed by atoms with van der Waals surface area (Å²) in [5.41, 5.74) is 0. The fourth-order valence-electron chi connectivity index (χ4n) is 3.90. The van der Waals surface area contributed by atoms with Crippen LogP contribution in [0.1, 0.15) is 105 Å². The minimum absolute atomic E-state index is 0.837. The Labute approximate surface area is 141 Å². The molecule has 0 heterocycles. The highest BCUT2D eigenvalue weighted by atomic mass is 14.2. The molecule has 0 N–H and O–H groups in total. The highest BCUT2D eigenvalue weighted by Crippen LogP contribution is 2.27. The summed E-state index contributed by atoms with van der Waals surface area (Å²) < 4.78 is 0. The van der Waals surface area contributed by atoms with Crippen molar-refractivity contribution in [3.63, 3.8) is 0 Å². The third-order valence-corrected chi connectivity index (χ3v) is 5.74. The van der Waals surface area contributed by atoms with E-state index in [0.717, 1.165) is 23.7 Å². The van der Waals surface area contributed by atoms with Crippen molar-refractivity contribution in [2.45, 2.75) is 105 Å². The Kier molecular flexibility index (Phi) is 11.0. The third kappa shape index (κ3) is 9.01. The van der Waals surface area contributed by atoms with Gasteiger partial charge in [-0.15, -0.1) is 0 Å². The van der Waals surface area contributed by atoms with E-state index in [0.29, 0.717) is 0 Å². The van der Waals surface area contributed by atoms with E-state index in [-0.39, 0.29) is 0 Å². The third-order valence-electron chi connectivity index (χ3n) is 5.74. The molecule has 1 saturated carbocycles. The minimum Gasteiger partial charge on any atom is -0.0883 e. The van der Waals surface area contributed by atoms with E-state index in [1.165, 1.54) is 77.0 Å². The van der Waals surface area contributed by atoms with Crippen LogP contribution in [0.2, 0.25) is 0 Å². The predicted molar refractivity (Wildman–Crippen MR) is 101 cm³/mol. The number of allylic oxidation sites excluding steroid dienone is 2. The zero-order valence-corrected chi connectivity index (χ0v) is 15.9. The molecule has 0 radical (unpaired) electrons. The lowest BCUT2D eigenvalue weighted by atomic mass is 9.84. The first-order valence-corrected chi connectivity index (χ1v) is 10.3. The topological polar surface area (TPSA) is 0 Å². The lowest BCUT2D eigenvalue weighted by Gasteiger charge is -2.22. The van der Waals surface area contributed by atoms with Crippen molar-refractivity contribution < 1.29 is 0 Å². The molecule has 0 aromatic heterocycles. The summed E-state index contributed by atoms with van der Waals surface area (Å²) in [6.07, 6.45) is 22.3. The van der Waals surface area contributed by atoms with E-state index >= 15 is 0 Å². The van der Waals surface area contributed by atoms with Gasteiger partial charge in [-0.1, -0.05) is 97.6 Å². The SMILES string of the molecule is CC(C)C1/C=C\CCCCC1.CC(C)C1CCCCCCC1. The summed E-state index contributed by atoms with van der Waals surface area (Å²) >= 11 is 0. The van der Waals surface area contributed by atoms with Crippen LogP contribution in [0.5, 0.6) is 0 Å². The Morgan fingerprint density at radius 3 is 1.77 bits per heavy atom. The van der Waals surface area contributed by atoms with Crippen molar-refractivity contribution in [1.82, 2.24) is 0 Å². The summed E-state index contributed by atoms with van der Waals surface area (Å²) in [6.45, 7) is 9.42. The fourth-order valence-corrected chi connectivity index (χ4v) is 3.90. The van der Waals surface area contributed by atoms with Gasteiger partial charge < -0.3 is 0 Å². The smallest absolute Gasteiger partial charge is 0.0210 e. The number of rotatable bonds is 2. The quantitative estimate of drug-likeness (QED) is 0.457. The van der Waals surface area contributed by atoms with Crippen LogP contribution in [0.3, 0.4) is 0 Å². The van der Waals surface area contributed by atoms with Gasteiger partial charge in [-0.25, -0.2) is 0 Å². The monoisotopic (exact) mass is 306 g/mol. The van der Waals surface area contributed by atoms with Gasteiger partial charge in [-0.05, 0) is 42.9 Å². The molecule has 0 saturated heterocycles. The molecule has 0 nitrogen and oxygen atoms in total. The molecule has 0 amide bonds. The Morgan fingerprint density at radius 1 is 0.636 bits per heavy atom. The van der Waals surface area contributed by atoms with Crippen molar-refractivity contribution in [3.05, 3.63) is 12.2 Å². The van der Waals surface area contributed by atoms with E-state index in [1.54, 1.807) is 0 Å².